The summed E-state index contributed by atoms with van der Waals surface area (Å²) in [6, 6.07) is 0.346. The van der Waals surface area contributed by atoms with Crippen molar-refractivity contribution < 1.29 is 17.6 Å². The van der Waals surface area contributed by atoms with E-state index in [1.54, 1.807) is 0 Å². The van der Waals surface area contributed by atoms with Crippen LogP contribution in [-0.2, 0) is 0 Å². The Morgan fingerprint density at radius 3 is 2.35 bits per heavy atom. The molecule has 6 nitrogen and oxygen atoms in total. The van der Waals surface area contributed by atoms with Crippen molar-refractivity contribution in [3.63, 3.8) is 0 Å². The predicted molar refractivity (Wildman–Crippen MR) is 112 cm³/mol. The van der Waals surface area contributed by atoms with Crippen LogP contribution in [0.5, 0.6) is 0 Å². The van der Waals surface area contributed by atoms with Gasteiger partial charge < -0.3 is 16.0 Å². The van der Waals surface area contributed by atoms with E-state index in [1.807, 2.05) is 0 Å². The molecule has 0 bridgehead atoms. The molecule has 0 aromatic carbocycles. The Balaban J connectivity index is 1.22. The van der Waals surface area contributed by atoms with Gasteiger partial charge in [-0.25, -0.2) is 4.39 Å². The summed E-state index contributed by atoms with van der Waals surface area (Å²) in [4.78, 5) is 4.78. The lowest BCUT2D eigenvalue weighted by atomic mass is 9.74. The number of piperidine rings is 1. The summed E-state index contributed by atoms with van der Waals surface area (Å²) in [5.74, 6) is -0.303. The van der Waals surface area contributed by atoms with Gasteiger partial charge in [-0.2, -0.15) is 13.2 Å². The van der Waals surface area contributed by atoms with E-state index in [4.69, 9.17) is 5.73 Å². The number of nitrogens with two attached hydrogens (primary N) is 1. The summed E-state index contributed by atoms with van der Waals surface area (Å²) in [6.45, 7) is 6.00. The molecule has 4 rings (SSSR count). The second kappa shape index (κ2) is 10.2. The smallest absolute Gasteiger partial charge is 0.330 e. The first-order chi connectivity index (χ1) is 14.8. The number of piperazine rings is 1. The summed E-state index contributed by atoms with van der Waals surface area (Å²) in [5.41, 5.74) is 12.6. The summed E-state index contributed by atoms with van der Waals surface area (Å²) in [6.07, 6.45) is -1.64. The van der Waals surface area contributed by atoms with Crippen LogP contribution in [0.3, 0.4) is 0 Å². The van der Waals surface area contributed by atoms with Gasteiger partial charge in [0.05, 0.1) is 12.1 Å². The molecule has 4 aliphatic rings. The maximum absolute atomic E-state index is 14.1. The first kappa shape index (κ1) is 23.6. The molecule has 3 aliphatic heterocycles. The molecule has 5 N–H and O–H groups in total. The van der Waals surface area contributed by atoms with Crippen LogP contribution in [0.25, 0.3) is 0 Å². The Labute approximate surface area is 182 Å². The van der Waals surface area contributed by atoms with Crippen molar-refractivity contribution in [2.24, 2.45) is 29.4 Å². The highest BCUT2D eigenvalue weighted by Crippen LogP contribution is 2.36. The lowest BCUT2D eigenvalue weighted by Gasteiger charge is -2.43. The zero-order chi connectivity index (χ0) is 22.0. The van der Waals surface area contributed by atoms with Gasteiger partial charge in [-0.05, 0) is 44.6 Å². The van der Waals surface area contributed by atoms with E-state index in [-0.39, 0.29) is 25.0 Å². The van der Waals surface area contributed by atoms with E-state index in [0.717, 1.165) is 52.1 Å². The van der Waals surface area contributed by atoms with Gasteiger partial charge in [-0.3, -0.25) is 15.8 Å². The third kappa shape index (κ3) is 5.70. The van der Waals surface area contributed by atoms with Crippen LogP contribution in [0.15, 0.2) is 0 Å². The molecule has 0 aromatic heterocycles. The Morgan fingerprint density at radius 2 is 1.71 bits per heavy atom. The average molecular weight is 451 g/mol. The molecule has 7 atom stereocenters. The summed E-state index contributed by atoms with van der Waals surface area (Å²) in [7, 11) is 0. The molecule has 31 heavy (non-hydrogen) atoms. The van der Waals surface area contributed by atoms with Crippen LogP contribution in [0.2, 0.25) is 0 Å². The highest BCUT2D eigenvalue weighted by molar-refractivity contribution is 4.94. The van der Waals surface area contributed by atoms with Crippen LogP contribution in [0.4, 0.5) is 17.6 Å². The minimum absolute atomic E-state index is 0.0229. The molecule has 0 radical (unpaired) electrons. The van der Waals surface area contributed by atoms with E-state index >= 15 is 0 Å². The van der Waals surface area contributed by atoms with Crippen molar-refractivity contribution in [2.75, 3.05) is 52.4 Å². The number of hydrogen-bond acceptors (Lipinski definition) is 6. The van der Waals surface area contributed by atoms with Gasteiger partial charge in [0.15, 0.2) is 0 Å². The first-order valence-corrected chi connectivity index (χ1v) is 11.9. The quantitative estimate of drug-likeness (QED) is 0.474. The summed E-state index contributed by atoms with van der Waals surface area (Å²) in [5, 5.41) is 3.12. The molecule has 0 amide bonds. The maximum Gasteiger partial charge on any atom is 0.393 e. The molecule has 3 saturated heterocycles. The fourth-order valence-corrected chi connectivity index (χ4v) is 6.09. The molecule has 180 valence electrons. The van der Waals surface area contributed by atoms with Crippen molar-refractivity contribution in [1.82, 2.24) is 26.0 Å². The fourth-order valence-electron chi connectivity index (χ4n) is 6.09. The van der Waals surface area contributed by atoms with Crippen LogP contribution >= 0.6 is 0 Å². The standard InChI is InChI=1S/C21H38F4N6/c22-18-3-1-14(9-15(18)10-26)20-16(11-28-29-20)13-30-5-7-31(8-6-30)19-4-2-17(12-27-19)21(23,24)25/h14-20,27-29H,1-13,26H2. The van der Waals surface area contributed by atoms with Gasteiger partial charge in [-0.15, -0.1) is 0 Å². The molecule has 1 aliphatic carbocycles. The summed E-state index contributed by atoms with van der Waals surface area (Å²) >= 11 is 0. The van der Waals surface area contributed by atoms with Gasteiger partial charge >= 0.3 is 6.18 Å². The molecule has 4 fully saturated rings. The van der Waals surface area contributed by atoms with E-state index in [9.17, 15) is 17.6 Å². The molecule has 0 spiro atoms. The van der Waals surface area contributed by atoms with Crippen LogP contribution in [0.1, 0.15) is 32.1 Å². The Bertz CT molecular complexity index is 563. The second-order valence-electron chi connectivity index (χ2n) is 9.97. The molecule has 1 saturated carbocycles. The van der Waals surface area contributed by atoms with Gasteiger partial charge in [0.1, 0.15) is 6.17 Å². The molecular weight excluding hydrogens is 412 g/mol. The maximum atomic E-state index is 14.1. The predicted octanol–water partition coefficient (Wildman–Crippen LogP) is 1.30. The monoisotopic (exact) mass is 450 g/mol. The van der Waals surface area contributed by atoms with Gasteiger partial charge in [-0.1, -0.05) is 0 Å². The van der Waals surface area contributed by atoms with Crippen molar-refractivity contribution in [1.29, 1.82) is 0 Å². The highest BCUT2D eigenvalue weighted by Gasteiger charge is 2.43. The summed E-state index contributed by atoms with van der Waals surface area (Å²) < 4.78 is 52.7. The number of hydrazine groups is 1. The SMILES string of the molecule is NCC1CC(C2NNCC2CN2CCN(C3CCC(C(F)(F)F)CN3)CC2)CCC1F. The lowest BCUT2D eigenvalue weighted by Crippen LogP contribution is -2.58. The second-order valence-corrected chi connectivity index (χ2v) is 9.97. The number of halogens is 4. The van der Waals surface area contributed by atoms with E-state index in [1.165, 1.54) is 0 Å². The van der Waals surface area contributed by atoms with E-state index in [2.05, 4.69) is 26.0 Å². The Kier molecular flexibility index (Phi) is 7.76. The Morgan fingerprint density at radius 1 is 0.935 bits per heavy atom. The van der Waals surface area contributed by atoms with Crippen molar-refractivity contribution in [2.45, 2.75) is 56.7 Å². The highest BCUT2D eigenvalue weighted by atomic mass is 19.4. The number of nitrogens with one attached hydrogen (secondary N) is 3. The topological polar surface area (TPSA) is 68.6 Å². The number of nitrogens with zero attached hydrogens (tertiary/aromatic N) is 2. The molecule has 0 aromatic rings. The largest absolute Gasteiger partial charge is 0.393 e. The number of alkyl halides is 4. The zero-order valence-corrected chi connectivity index (χ0v) is 18.2. The minimum atomic E-state index is -4.09. The Hall–Kier alpha value is -0.520. The van der Waals surface area contributed by atoms with Crippen molar-refractivity contribution in [3.05, 3.63) is 0 Å². The van der Waals surface area contributed by atoms with Gasteiger partial charge in [0.25, 0.3) is 0 Å². The van der Waals surface area contributed by atoms with Crippen molar-refractivity contribution >= 4 is 0 Å². The van der Waals surface area contributed by atoms with Crippen LogP contribution in [0, 0.1) is 23.7 Å². The lowest BCUT2D eigenvalue weighted by molar-refractivity contribution is -0.182. The molecule has 3 heterocycles. The molecular formula is C21H38F4N6. The molecule has 7 unspecified atom stereocenters. The minimum Gasteiger partial charge on any atom is -0.330 e. The normalized spacial score (nSPS) is 41.5. The number of rotatable bonds is 5. The fraction of sp³-hybridized carbons (Fsp3) is 1.00. The first-order valence-electron chi connectivity index (χ1n) is 11.9. The number of hydrogen-bond donors (Lipinski definition) is 4. The van der Waals surface area contributed by atoms with Crippen LogP contribution < -0.4 is 21.9 Å². The average Bonchev–Trinajstić information content (AvgIpc) is 3.22. The van der Waals surface area contributed by atoms with Gasteiger partial charge in [0.2, 0.25) is 0 Å². The zero-order valence-electron chi connectivity index (χ0n) is 18.2. The van der Waals surface area contributed by atoms with E-state index in [0.29, 0.717) is 37.3 Å². The van der Waals surface area contributed by atoms with E-state index < -0.39 is 18.3 Å². The van der Waals surface area contributed by atoms with Crippen LogP contribution in [-0.4, -0.2) is 86.7 Å². The third-order valence-corrected chi connectivity index (χ3v) is 8.07. The third-order valence-electron chi connectivity index (χ3n) is 8.07. The molecule has 10 heteroatoms. The van der Waals surface area contributed by atoms with Gasteiger partial charge in [0, 0.05) is 63.7 Å². The van der Waals surface area contributed by atoms with Crippen molar-refractivity contribution in [3.8, 4) is 0 Å².